The van der Waals surface area contributed by atoms with Gasteiger partial charge in [-0.25, -0.2) is 8.42 Å². The number of ketones is 1. The maximum Gasteiger partial charge on any atom is 0.272 e. The molecule has 0 fully saturated rings. The number of amidine groups is 1. The molecule has 0 aliphatic heterocycles. The van der Waals surface area contributed by atoms with Crippen molar-refractivity contribution in [2.75, 3.05) is 10.0 Å². The molecule has 0 saturated heterocycles. The Morgan fingerprint density at radius 2 is 1.80 bits per heavy atom. The molecule has 0 aliphatic carbocycles. The molecule has 35 heavy (non-hydrogen) atoms. The molecule has 0 spiro atoms. The fourth-order valence-corrected chi connectivity index (χ4v) is 4.88. The van der Waals surface area contributed by atoms with Crippen molar-refractivity contribution < 1.29 is 18.0 Å². The van der Waals surface area contributed by atoms with E-state index in [2.05, 4.69) is 15.0 Å². The number of aromatic nitrogens is 1. The summed E-state index contributed by atoms with van der Waals surface area (Å²) in [4.78, 5) is 38.8. The maximum absolute atomic E-state index is 12.9. The van der Waals surface area contributed by atoms with Gasteiger partial charge < -0.3 is 20.8 Å². The van der Waals surface area contributed by atoms with Gasteiger partial charge in [0.2, 0.25) is 10.0 Å². The van der Waals surface area contributed by atoms with Gasteiger partial charge in [-0.1, -0.05) is 36.4 Å². The Balaban J connectivity index is 2.19. The van der Waals surface area contributed by atoms with Crippen LogP contribution in [-0.4, -0.2) is 37.3 Å². The molecule has 10 nitrogen and oxygen atoms in total. The van der Waals surface area contributed by atoms with Crippen molar-refractivity contribution in [3.05, 3.63) is 81.8 Å². The van der Waals surface area contributed by atoms with Gasteiger partial charge in [-0.2, -0.15) is 0 Å². The second kappa shape index (κ2) is 10.3. The summed E-state index contributed by atoms with van der Waals surface area (Å²) in [5.41, 5.74) is 6.05. The third-order valence-corrected chi connectivity index (χ3v) is 6.35. The van der Waals surface area contributed by atoms with Crippen LogP contribution in [0.15, 0.2) is 59.5 Å². The third-order valence-electron chi connectivity index (χ3n) is 5.12. The van der Waals surface area contributed by atoms with E-state index in [9.17, 15) is 22.8 Å². The number of carbonyl (C=O) groups excluding carboxylic acids is 2. The Bertz CT molecular complexity index is 1450. The molecule has 6 N–H and O–H groups in total. The summed E-state index contributed by atoms with van der Waals surface area (Å²) < 4.78 is 28.1. The smallest absolute Gasteiger partial charge is 0.272 e. The zero-order chi connectivity index (χ0) is 25.8. The number of pyridine rings is 1. The molecule has 0 saturated carbocycles. The number of sulfonamides is 1. The number of Topliss-reactive ketones (excluding diaryl/α,β-unsaturated/α-hetero) is 1. The summed E-state index contributed by atoms with van der Waals surface area (Å²) in [5.74, 6) is -1.27. The van der Waals surface area contributed by atoms with E-state index in [1.807, 2.05) is 0 Å². The predicted octanol–water partition coefficient (Wildman–Crippen LogP) is 2.47. The van der Waals surface area contributed by atoms with Crippen molar-refractivity contribution in [2.24, 2.45) is 5.73 Å². The lowest BCUT2D eigenvalue weighted by Gasteiger charge is -2.20. The van der Waals surface area contributed by atoms with Crippen molar-refractivity contribution in [1.29, 1.82) is 5.41 Å². The Morgan fingerprint density at radius 1 is 1.11 bits per heavy atom. The predicted molar refractivity (Wildman–Crippen MR) is 135 cm³/mol. The van der Waals surface area contributed by atoms with E-state index in [0.29, 0.717) is 11.8 Å². The number of aldehydes is 1. The van der Waals surface area contributed by atoms with Crippen molar-refractivity contribution in [1.82, 2.24) is 4.98 Å². The van der Waals surface area contributed by atoms with Gasteiger partial charge in [0, 0.05) is 23.0 Å². The van der Waals surface area contributed by atoms with E-state index in [0.717, 1.165) is 0 Å². The maximum atomic E-state index is 12.9. The molecular formula is C24H25N5O5S. The summed E-state index contributed by atoms with van der Waals surface area (Å²) in [5, 5.41) is 11.0. The Morgan fingerprint density at radius 3 is 2.40 bits per heavy atom. The molecule has 0 radical (unpaired) electrons. The molecule has 0 bridgehead atoms. The molecule has 3 aromatic rings. The Hall–Kier alpha value is -4.25. The lowest BCUT2D eigenvalue weighted by Crippen LogP contribution is -2.24. The molecular weight excluding hydrogens is 470 g/mol. The number of carbonyl (C=O) groups is 2. The van der Waals surface area contributed by atoms with Gasteiger partial charge in [-0.05, 0) is 37.1 Å². The average Bonchev–Trinajstić information content (AvgIpc) is 2.80. The summed E-state index contributed by atoms with van der Waals surface area (Å²) >= 11 is 0. The molecule has 1 heterocycles. The van der Waals surface area contributed by atoms with Crippen molar-refractivity contribution in [3.8, 4) is 11.1 Å². The second-order valence-corrected chi connectivity index (χ2v) is 9.61. The van der Waals surface area contributed by atoms with Gasteiger partial charge in [0.25, 0.3) is 5.56 Å². The second-order valence-electron chi connectivity index (χ2n) is 7.89. The molecule has 1 atom stereocenters. The van der Waals surface area contributed by atoms with Crippen LogP contribution in [0.5, 0.6) is 0 Å². The molecule has 182 valence electrons. The number of nitrogens with two attached hydrogens (primary N) is 1. The van der Waals surface area contributed by atoms with E-state index in [1.165, 1.54) is 31.3 Å². The minimum Gasteiger partial charge on any atom is -0.384 e. The van der Waals surface area contributed by atoms with Crippen LogP contribution in [-0.2, 0) is 20.6 Å². The van der Waals surface area contributed by atoms with Gasteiger partial charge in [0.15, 0.2) is 5.78 Å². The quantitative estimate of drug-likeness (QED) is 0.124. The van der Waals surface area contributed by atoms with Crippen LogP contribution in [0.4, 0.5) is 11.4 Å². The summed E-state index contributed by atoms with van der Waals surface area (Å²) in [6.45, 7) is 2.87. The highest BCUT2D eigenvalue weighted by molar-refractivity contribution is 7.91. The lowest BCUT2D eigenvalue weighted by atomic mass is 9.91. The number of rotatable bonds is 10. The first kappa shape index (κ1) is 25.4. The fraction of sp³-hybridized carbons (Fsp3) is 0.167. The normalized spacial score (nSPS) is 11.9. The number of nitrogens with one attached hydrogen (secondary N) is 4. The van der Waals surface area contributed by atoms with Crippen molar-refractivity contribution in [3.63, 3.8) is 0 Å². The third kappa shape index (κ3) is 5.82. The zero-order valence-corrected chi connectivity index (χ0v) is 19.9. The summed E-state index contributed by atoms with van der Waals surface area (Å²) in [7, 11) is -4.00. The largest absolute Gasteiger partial charge is 0.384 e. The highest BCUT2D eigenvalue weighted by Crippen LogP contribution is 2.34. The average molecular weight is 496 g/mol. The van der Waals surface area contributed by atoms with Crippen LogP contribution in [0.25, 0.3) is 11.1 Å². The van der Waals surface area contributed by atoms with Crippen LogP contribution in [0.2, 0.25) is 0 Å². The van der Waals surface area contributed by atoms with Crippen LogP contribution in [0.1, 0.15) is 35.3 Å². The molecule has 0 amide bonds. The lowest BCUT2D eigenvalue weighted by molar-refractivity contribution is -0.108. The highest BCUT2D eigenvalue weighted by Gasteiger charge is 2.24. The number of hydrogen-bond donors (Lipinski definition) is 5. The standard InChI is InChI=1S/C24H25N5O5S/c1-14(12-30)28-19-9-8-17(21(23(25)26)20(19)15(2)31)18-10-11-27-24(32)22(18)29-35(33,34)13-16-6-4-3-5-7-16/h3-12,14,28-29H,13H2,1-2H3,(H3,25,26)(H,27,32)/t14-/m0/s1. The highest BCUT2D eigenvalue weighted by atomic mass is 32.2. The number of H-pyrrole nitrogens is 1. The monoisotopic (exact) mass is 495 g/mol. The zero-order valence-electron chi connectivity index (χ0n) is 19.1. The molecule has 3 rings (SSSR count). The first-order valence-corrected chi connectivity index (χ1v) is 12.2. The van der Waals surface area contributed by atoms with Crippen molar-refractivity contribution >= 4 is 39.3 Å². The number of benzene rings is 2. The van der Waals surface area contributed by atoms with E-state index in [4.69, 9.17) is 11.1 Å². The van der Waals surface area contributed by atoms with Gasteiger partial charge in [0.1, 0.15) is 17.8 Å². The van der Waals surface area contributed by atoms with Gasteiger partial charge in [-0.15, -0.1) is 0 Å². The first-order valence-electron chi connectivity index (χ1n) is 10.5. The SMILES string of the molecule is CC(=O)c1c(N[C@@H](C)C=O)ccc(-c2cc[nH]c(=O)c2NS(=O)(=O)Cc2ccccc2)c1C(=N)N. The fourth-order valence-electron chi connectivity index (χ4n) is 3.66. The van der Waals surface area contributed by atoms with Crippen molar-refractivity contribution in [2.45, 2.75) is 25.6 Å². The summed E-state index contributed by atoms with van der Waals surface area (Å²) in [6, 6.07) is 12.3. The van der Waals surface area contributed by atoms with Crippen LogP contribution in [0.3, 0.4) is 0 Å². The van der Waals surface area contributed by atoms with E-state index < -0.39 is 33.2 Å². The summed E-state index contributed by atoms with van der Waals surface area (Å²) in [6.07, 6.45) is 1.98. The van der Waals surface area contributed by atoms with Crippen LogP contribution in [0, 0.1) is 5.41 Å². The minimum atomic E-state index is -4.00. The van der Waals surface area contributed by atoms with Crippen LogP contribution < -0.4 is 21.3 Å². The number of hydrogen-bond acceptors (Lipinski definition) is 7. The van der Waals surface area contributed by atoms with Gasteiger partial charge in [-0.3, -0.25) is 19.7 Å². The van der Waals surface area contributed by atoms with Gasteiger partial charge in [0.05, 0.1) is 17.4 Å². The van der Waals surface area contributed by atoms with Gasteiger partial charge >= 0.3 is 0 Å². The van der Waals surface area contributed by atoms with E-state index >= 15 is 0 Å². The van der Waals surface area contributed by atoms with E-state index in [1.54, 1.807) is 37.3 Å². The molecule has 1 aromatic heterocycles. The van der Waals surface area contributed by atoms with E-state index in [-0.39, 0.29) is 39.4 Å². The molecule has 2 aromatic carbocycles. The number of aromatic amines is 1. The molecule has 11 heteroatoms. The molecule has 0 unspecified atom stereocenters. The first-order chi connectivity index (χ1) is 16.5. The topological polar surface area (TPSA) is 175 Å². The Kier molecular flexibility index (Phi) is 7.50. The minimum absolute atomic E-state index is 0.00899. The van der Waals surface area contributed by atoms with Crippen LogP contribution >= 0.6 is 0 Å². The number of nitrogen functional groups attached to an aromatic ring is 1. The molecule has 0 aliphatic rings. The Labute approximate surface area is 202 Å². The number of anilines is 2.